The first-order chi connectivity index (χ1) is 23.7. The molecule has 1 aliphatic heterocycles. The summed E-state index contributed by atoms with van der Waals surface area (Å²) in [7, 11) is 1.83. The van der Waals surface area contributed by atoms with Crippen molar-refractivity contribution in [3.8, 4) is 5.75 Å². The van der Waals surface area contributed by atoms with Gasteiger partial charge in [-0.3, -0.25) is 9.59 Å². The number of benzene rings is 4. The predicted molar refractivity (Wildman–Crippen MR) is 182 cm³/mol. The topological polar surface area (TPSA) is 100 Å². The zero-order chi connectivity index (χ0) is 36.3. The Hall–Kier alpha value is -5.85. The van der Waals surface area contributed by atoms with Crippen LogP contribution in [-0.2, 0) is 29.2 Å². The van der Waals surface area contributed by atoms with Gasteiger partial charge in [0.15, 0.2) is 0 Å². The van der Waals surface area contributed by atoms with Crippen LogP contribution in [0.3, 0.4) is 0 Å². The fourth-order valence-electron chi connectivity index (χ4n) is 5.54. The molecule has 0 bridgehead atoms. The number of halogens is 4. The van der Waals surface area contributed by atoms with Gasteiger partial charge in [-0.1, -0.05) is 24.8 Å². The van der Waals surface area contributed by atoms with E-state index in [1.165, 1.54) is 13.0 Å². The van der Waals surface area contributed by atoms with Crippen LogP contribution in [0.2, 0.25) is 0 Å². The van der Waals surface area contributed by atoms with E-state index >= 15 is 4.39 Å². The molecule has 9 nitrogen and oxygen atoms in total. The minimum Gasteiger partial charge on any atom is -0.429 e. The Labute approximate surface area is 289 Å². The first-order valence-corrected chi connectivity index (χ1v) is 15.5. The maximum absolute atomic E-state index is 15.7. The molecule has 0 spiro atoms. The monoisotopic (exact) mass is 694 g/mol. The van der Waals surface area contributed by atoms with E-state index in [4.69, 9.17) is 9.47 Å². The lowest BCUT2D eigenvalue weighted by molar-refractivity contribution is -0.114. The van der Waals surface area contributed by atoms with E-state index in [1.54, 1.807) is 54.3 Å². The van der Waals surface area contributed by atoms with Gasteiger partial charge in [0.1, 0.15) is 41.4 Å². The molecule has 5 rings (SSSR count). The summed E-state index contributed by atoms with van der Waals surface area (Å²) in [6.07, 6.45) is -1.04. The molecule has 2 amide bonds. The predicted octanol–water partition coefficient (Wildman–Crippen LogP) is 8.13. The van der Waals surface area contributed by atoms with Gasteiger partial charge in [0.25, 0.3) is 5.91 Å². The van der Waals surface area contributed by atoms with Crippen molar-refractivity contribution in [3.05, 3.63) is 136 Å². The fraction of sp³-hybridized carbons (Fsp3) is 0.216. The second-order valence-corrected chi connectivity index (χ2v) is 11.8. The van der Waals surface area contributed by atoms with Crippen molar-refractivity contribution >= 4 is 29.3 Å². The number of anilines is 2. The minimum absolute atomic E-state index is 0. The van der Waals surface area contributed by atoms with Gasteiger partial charge in [0, 0.05) is 69.6 Å². The summed E-state index contributed by atoms with van der Waals surface area (Å²) in [5.74, 6) is -4.36. The highest BCUT2D eigenvalue weighted by molar-refractivity contribution is 5.95. The molecule has 0 saturated carbocycles. The number of nitrogens with one attached hydrogen (secondary N) is 2. The van der Waals surface area contributed by atoms with Crippen molar-refractivity contribution in [2.24, 2.45) is 0 Å². The van der Waals surface area contributed by atoms with Gasteiger partial charge in [-0.15, -0.1) is 0 Å². The van der Waals surface area contributed by atoms with Crippen molar-refractivity contribution in [2.75, 3.05) is 17.3 Å². The van der Waals surface area contributed by atoms with Crippen LogP contribution in [0.25, 0.3) is 0 Å². The molecule has 0 saturated heterocycles. The number of nitrogens with zero attached hydrogens (tertiary/aromatic N) is 2. The fourth-order valence-corrected chi connectivity index (χ4v) is 5.54. The van der Waals surface area contributed by atoms with Gasteiger partial charge in [-0.25, -0.2) is 22.4 Å². The van der Waals surface area contributed by atoms with Crippen molar-refractivity contribution in [1.82, 2.24) is 10.2 Å². The van der Waals surface area contributed by atoms with E-state index in [0.717, 1.165) is 11.6 Å². The van der Waals surface area contributed by atoms with Gasteiger partial charge in [0.2, 0.25) is 5.91 Å². The van der Waals surface area contributed by atoms with E-state index < -0.39 is 47.4 Å². The molecule has 264 valence electrons. The summed E-state index contributed by atoms with van der Waals surface area (Å²) in [4.78, 5) is 40.3. The van der Waals surface area contributed by atoms with Crippen molar-refractivity contribution in [3.63, 3.8) is 0 Å². The van der Waals surface area contributed by atoms with Crippen LogP contribution in [0.15, 0.2) is 79.1 Å². The summed E-state index contributed by atoms with van der Waals surface area (Å²) in [6.45, 7) is 8.56. The highest BCUT2D eigenvalue weighted by atomic mass is 19.1. The lowest BCUT2D eigenvalue weighted by Gasteiger charge is -2.43. The summed E-state index contributed by atoms with van der Waals surface area (Å²) in [5, 5.41) is 5.11. The molecule has 13 heteroatoms. The average molecular weight is 695 g/mol. The maximum Gasteiger partial charge on any atom is 0.514 e. The third kappa shape index (κ3) is 7.88. The largest absolute Gasteiger partial charge is 0.514 e. The SMILES string of the molecule is C=C1N(Cc2c(C)cc(OC(=O)OCc3ccc(NC(C)=O)cc3)cc2F)c2cc(C(=O)NCc3c(F)cc(F)cc3F)ccc2[C@H](C)N1C.[HH].[HH]. The molecule has 1 heterocycles. The lowest BCUT2D eigenvalue weighted by atomic mass is 9.97. The molecule has 0 aromatic heterocycles. The number of hydrogen-bond donors (Lipinski definition) is 2. The highest BCUT2D eigenvalue weighted by Gasteiger charge is 2.31. The van der Waals surface area contributed by atoms with E-state index in [9.17, 15) is 27.6 Å². The molecule has 50 heavy (non-hydrogen) atoms. The smallest absolute Gasteiger partial charge is 0.429 e. The third-order valence-electron chi connectivity index (χ3n) is 8.41. The first-order valence-electron chi connectivity index (χ1n) is 15.5. The Morgan fingerprint density at radius 1 is 0.920 bits per heavy atom. The number of fused-ring (bicyclic) bond motifs is 1. The molecule has 1 atom stereocenters. The van der Waals surface area contributed by atoms with E-state index in [1.807, 2.05) is 18.9 Å². The van der Waals surface area contributed by atoms with Crippen LogP contribution in [0.5, 0.6) is 5.75 Å². The molecular formula is C37H38F4N4O5. The van der Waals surface area contributed by atoms with Gasteiger partial charge >= 0.3 is 6.16 Å². The molecule has 2 N–H and O–H groups in total. The van der Waals surface area contributed by atoms with Gasteiger partial charge in [-0.2, -0.15) is 0 Å². The zero-order valence-corrected chi connectivity index (χ0v) is 27.7. The number of amides is 2. The Kier molecular flexibility index (Phi) is 10.4. The number of ether oxygens (including phenoxy) is 2. The Balaban J connectivity index is 0.00000364. The minimum atomic E-state index is -1.12. The first kappa shape index (κ1) is 35.5. The van der Waals surface area contributed by atoms with E-state index in [-0.39, 0.29) is 44.8 Å². The Bertz CT molecular complexity index is 1950. The average Bonchev–Trinajstić information content (AvgIpc) is 3.05. The van der Waals surface area contributed by atoms with Crippen LogP contribution in [0.4, 0.5) is 33.7 Å². The molecular weight excluding hydrogens is 656 g/mol. The summed E-state index contributed by atoms with van der Waals surface area (Å²) < 4.78 is 67.6. The van der Waals surface area contributed by atoms with Gasteiger partial charge in [0.05, 0.1) is 12.6 Å². The number of aryl methyl sites for hydroxylation is 1. The van der Waals surface area contributed by atoms with Crippen molar-refractivity contribution < 1.29 is 44.3 Å². The number of hydrogen-bond acceptors (Lipinski definition) is 7. The number of rotatable bonds is 9. The van der Waals surface area contributed by atoms with Crippen molar-refractivity contribution in [2.45, 2.75) is 46.5 Å². The van der Waals surface area contributed by atoms with E-state index in [0.29, 0.717) is 40.5 Å². The molecule has 0 unspecified atom stereocenters. The summed E-state index contributed by atoms with van der Waals surface area (Å²) in [5.41, 5.74) is 3.05. The quantitative estimate of drug-likeness (QED) is 0.104. The molecule has 4 aromatic carbocycles. The zero-order valence-electron chi connectivity index (χ0n) is 27.7. The van der Waals surface area contributed by atoms with Gasteiger partial charge < -0.3 is 29.9 Å². The number of carbonyl (C=O) groups excluding carboxylic acids is 3. The van der Waals surface area contributed by atoms with Gasteiger partial charge in [-0.05, 0) is 60.9 Å². The third-order valence-corrected chi connectivity index (χ3v) is 8.41. The highest BCUT2D eigenvalue weighted by Crippen LogP contribution is 2.41. The number of carbonyl (C=O) groups is 3. The molecule has 0 aliphatic carbocycles. The van der Waals surface area contributed by atoms with Crippen LogP contribution in [0, 0.1) is 30.2 Å². The summed E-state index contributed by atoms with van der Waals surface area (Å²) >= 11 is 0. The molecule has 1 aliphatic rings. The second-order valence-electron chi connectivity index (χ2n) is 11.8. The Morgan fingerprint density at radius 3 is 2.22 bits per heavy atom. The van der Waals surface area contributed by atoms with Crippen molar-refractivity contribution in [1.29, 1.82) is 0 Å². The normalized spacial score (nSPS) is 13.8. The van der Waals surface area contributed by atoms with Crippen LogP contribution >= 0.6 is 0 Å². The maximum atomic E-state index is 15.7. The van der Waals surface area contributed by atoms with Crippen LogP contribution < -0.4 is 20.3 Å². The molecule has 4 aromatic rings. The summed E-state index contributed by atoms with van der Waals surface area (Å²) in [6, 6.07) is 15.1. The molecule has 0 fully saturated rings. The van der Waals surface area contributed by atoms with E-state index in [2.05, 4.69) is 17.2 Å². The molecule has 0 radical (unpaired) electrons. The van der Waals surface area contributed by atoms with Crippen LogP contribution in [-0.4, -0.2) is 29.9 Å². The standard InChI is InChI=1S/C37H34F4N4O5.2H2/c1-20-12-28(50-37(48)49-19-24-6-9-27(10-7-24)43-22(3)46)16-34(41)31(20)18-45-23(4)44(5)21(2)29-11-8-25(13-35(29)45)36(47)42-17-30-32(39)14-26(38)15-33(30)40;;/h6-16,21H,4,17-19H2,1-3,5H3,(H,42,47)(H,43,46);2*1H/t21-;;/m0../s1. The Morgan fingerprint density at radius 2 is 1.58 bits per heavy atom. The second kappa shape index (κ2) is 14.7. The lowest BCUT2D eigenvalue weighted by Crippen LogP contribution is -2.39. The van der Waals surface area contributed by atoms with Crippen LogP contribution in [0.1, 0.15) is 60.9 Å².